The first kappa shape index (κ1) is 17.8. The third kappa shape index (κ3) is 3.95. The predicted octanol–water partition coefficient (Wildman–Crippen LogP) is 3.34. The lowest BCUT2D eigenvalue weighted by Crippen LogP contribution is -2.32. The Hall–Kier alpha value is -3.05. The second-order valence-corrected chi connectivity index (χ2v) is 6.02. The lowest BCUT2D eigenvalue weighted by Gasteiger charge is -2.28. The quantitative estimate of drug-likeness (QED) is 0.743. The number of nitrogens with zero attached hydrogens (tertiary/aromatic N) is 3. The molecule has 1 amide bonds. The highest BCUT2D eigenvalue weighted by molar-refractivity contribution is 5.93. The summed E-state index contributed by atoms with van der Waals surface area (Å²) in [6, 6.07) is 19.1. The van der Waals surface area contributed by atoms with Crippen molar-refractivity contribution in [3.05, 3.63) is 84.2 Å². The molecule has 0 aliphatic heterocycles. The number of hydrogen-bond acceptors (Lipinski definition) is 4. The van der Waals surface area contributed by atoms with Crippen LogP contribution in [0.2, 0.25) is 0 Å². The maximum atomic E-state index is 12.8. The van der Waals surface area contributed by atoms with Crippen molar-refractivity contribution in [3.63, 3.8) is 0 Å². The van der Waals surface area contributed by atoms with Crippen LogP contribution < -0.4 is 0 Å². The summed E-state index contributed by atoms with van der Waals surface area (Å²) in [6.07, 6.45) is 3.57. The molecule has 5 nitrogen and oxygen atoms in total. The van der Waals surface area contributed by atoms with E-state index in [1.165, 1.54) is 0 Å². The smallest absolute Gasteiger partial charge is 0.257 e. The Morgan fingerprint density at radius 1 is 1.00 bits per heavy atom. The molecule has 0 spiro atoms. The Bertz CT molecular complexity index is 836. The van der Waals surface area contributed by atoms with Crippen LogP contribution in [0.25, 0.3) is 11.4 Å². The minimum atomic E-state index is -0.206. The summed E-state index contributed by atoms with van der Waals surface area (Å²) in [5, 5.41) is 9.40. The molecule has 3 aromatic rings. The van der Waals surface area contributed by atoms with Gasteiger partial charge in [0.2, 0.25) is 0 Å². The van der Waals surface area contributed by atoms with Gasteiger partial charge in [0, 0.05) is 31.6 Å². The van der Waals surface area contributed by atoms with E-state index in [9.17, 15) is 9.90 Å². The molecule has 2 aromatic carbocycles. The van der Waals surface area contributed by atoms with Gasteiger partial charge in [-0.1, -0.05) is 60.7 Å². The zero-order valence-corrected chi connectivity index (χ0v) is 14.6. The molecular weight excluding hydrogens is 326 g/mol. The Morgan fingerprint density at radius 3 is 2.15 bits per heavy atom. The standard InChI is InChI=1S/C21H21N3O2/c1-24(19(12-13-25)16-8-4-2-5-9-16)21(26)18-14-22-20(23-15-18)17-10-6-3-7-11-17/h2-11,14-15,19,25H,12-13H2,1H3. The summed E-state index contributed by atoms with van der Waals surface area (Å²) in [4.78, 5) is 23.1. The Balaban J connectivity index is 1.81. The molecule has 1 unspecified atom stereocenters. The van der Waals surface area contributed by atoms with Crippen LogP contribution in [0, 0.1) is 0 Å². The van der Waals surface area contributed by atoms with E-state index in [1.807, 2.05) is 60.7 Å². The van der Waals surface area contributed by atoms with E-state index >= 15 is 0 Å². The van der Waals surface area contributed by atoms with Crippen molar-refractivity contribution in [2.24, 2.45) is 0 Å². The first-order valence-corrected chi connectivity index (χ1v) is 8.51. The molecule has 0 saturated carbocycles. The minimum absolute atomic E-state index is 0.000621. The summed E-state index contributed by atoms with van der Waals surface area (Å²) in [6.45, 7) is 0.000621. The number of carbonyl (C=O) groups excluding carboxylic acids is 1. The highest BCUT2D eigenvalue weighted by Crippen LogP contribution is 2.24. The third-order valence-electron chi connectivity index (χ3n) is 4.31. The summed E-state index contributed by atoms with van der Waals surface area (Å²) >= 11 is 0. The number of hydrogen-bond donors (Lipinski definition) is 1. The largest absolute Gasteiger partial charge is 0.396 e. The van der Waals surface area contributed by atoms with E-state index in [1.54, 1.807) is 24.3 Å². The van der Waals surface area contributed by atoms with Crippen LogP contribution in [0.5, 0.6) is 0 Å². The molecule has 0 fully saturated rings. The van der Waals surface area contributed by atoms with E-state index in [2.05, 4.69) is 9.97 Å². The molecule has 0 aliphatic rings. The lowest BCUT2D eigenvalue weighted by atomic mass is 10.0. The molecule has 0 saturated heterocycles. The number of carbonyl (C=O) groups is 1. The second kappa shape index (κ2) is 8.36. The lowest BCUT2D eigenvalue weighted by molar-refractivity contribution is 0.0704. The Morgan fingerprint density at radius 2 is 1.58 bits per heavy atom. The normalized spacial score (nSPS) is 11.8. The van der Waals surface area contributed by atoms with Gasteiger partial charge in [-0.3, -0.25) is 4.79 Å². The third-order valence-corrected chi connectivity index (χ3v) is 4.31. The van der Waals surface area contributed by atoms with Crippen molar-refractivity contribution in [2.45, 2.75) is 12.5 Å². The van der Waals surface area contributed by atoms with Crippen LogP contribution in [0.15, 0.2) is 73.1 Å². The SMILES string of the molecule is CN(C(=O)c1cnc(-c2ccccc2)nc1)C(CCO)c1ccccc1. The Kier molecular flexibility index (Phi) is 5.71. The number of rotatable bonds is 6. The van der Waals surface area contributed by atoms with Crippen molar-refractivity contribution >= 4 is 5.91 Å². The fraction of sp³-hybridized carbons (Fsp3) is 0.190. The number of benzene rings is 2. The molecule has 26 heavy (non-hydrogen) atoms. The fourth-order valence-corrected chi connectivity index (χ4v) is 2.90. The van der Waals surface area contributed by atoms with E-state index in [4.69, 9.17) is 0 Å². The number of amides is 1. The first-order chi connectivity index (χ1) is 12.7. The predicted molar refractivity (Wildman–Crippen MR) is 100 cm³/mol. The average molecular weight is 347 g/mol. The molecule has 1 atom stereocenters. The van der Waals surface area contributed by atoms with E-state index in [0.717, 1.165) is 11.1 Å². The van der Waals surface area contributed by atoms with Gasteiger partial charge in [-0.2, -0.15) is 0 Å². The van der Waals surface area contributed by atoms with Crippen molar-refractivity contribution < 1.29 is 9.90 Å². The van der Waals surface area contributed by atoms with Crippen LogP contribution >= 0.6 is 0 Å². The second-order valence-electron chi connectivity index (χ2n) is 6.02. The molecule has 132 valence electrons. The van der Waals surface area contributed by atoms with E-state index in [0.29, 0.717) is 17.8 Å². The Labute approximate surface area is 153 Å². The van der Waals surface area contributed by atoms with Crippen molar-refractivity contribution in [1.29, 1.82) is 0 Å². The van der Waals surface area contributed by atoms with Gasteiger partial charge in [0.05, 0.1) is 11.6 Å². The van der Waals surface area contributed by atoms with Crippen LogP contribution in [0.3, 0.4) is 0 Å². The molecule has 1 N–H and O–H groups in total. The first-order valence-electron chi connectivity index (χ1n) is 8.51. The summed E-state index contributed by atoms with van der Waals surface area (Å²) in [5.41, 5.74) is 2.31. The number of aliphatic hydroxyl groups is 1. The van der Waals surface area contributed by atoms with Gasteiger partial charge in [0.25, 0.3) is 5.91 Å². The molecule has 0 radical (unpaired) electrons. The van der Waals surface area contributed by atoms with Crippen LogP contribution in [-0.2, 0) is 0 Å². The molecular formula is C21H21N3O2. The molecule has 5 heteroatoms. The van der Waals surface area contributed by atoms with Gasteiger partial charge in [0.15, 0.2) is 5.82 Å². The van der Waals surface area contributed by atoms with Crippen LogP contribution in [0.1, 0.15) is 28.4 Å². The minimum Gasteiger partial charge on any atom is -0.396 e. The van der Waals surface area contributed by atoms with E-state index < -0.39 is 0 Å². The van der Waals surface area contributed by atoms with Gasteiger partial charge in [-0.15, -0.1) is 0 Å². The maximum Gasteiger partial charge on any atom is 0.257 e. The van der Waals surface area contributed by atoms with E-state index in [-0.39, 0.29) is 18.6 Å². The van der Waals surface area contributed by atoms with Crippen LogP contribution in [-0.4, -0.2) is 39.5 Å². The van der Waals surface area contributed by atoms with Crippen LogP contribution in [0.4, 0.5) is 0 Å². The number of aliphatic hydroxyl groups excluding tert-OH is 1. The maximum absolute atomic E-state index is 12.8. The highest BCUT2D eigenvalue weighted by Gasteiger charge is 2.23. The zero-order chi connectivity index (χ0) is 18.4. The average Bonchev–Trinajstić information content (AvgIpc) is 2.72. The van der Waals surface area contributed by atoms with Gasteiger partial charge < -0.3 is 10.0 Å². The topological polar surface area (TPSA) is 66.3 Å². The van der Waals surface area contributed by atoms with Gasteiger partial charge in [-0.25, -0.2) is 9.97 Å². The number of aromatic nitrogens is 2. The molecule has 0 bridgehead atoms. The summed E-state index contributed by atoms with van der Waals surface area (Å²) in [7, 11) is 1.74. The fourth-order valence-electron chi connectivity index (χ4n) is 2.90. The molecule has 3 rings (SSSR count). The molecule has 0 aliphatic carbocycles. The zero-order valence-electron chi connectivity index (χ0n) is 14.6. The van der Waals surface area contributed by atoms with Crippen molar-refractivity contribution in [3.8, 4) is 11.4 Å². The van der Waals surface area contributed by atoms with Gasteiger partial charge >= 0.3 is 0 Å². The molecule has 1 heterocycles. The summed E-state index contributed by atoms with van der Waals surface area (Å²) < 4.78 is 0. The van der Waals surface area contributed by atoms with Gasteiger partial charge in [-0.05, 0) is 12.0 Å². The monoisotopic (exact) mass is 347 g/mol. The summed E-state index contributed by atoms with van der Waals surface area (Å²) in [5.74, 6) is 0.409. The van der Waals surface area contributed by atoms with Crippen molar-refractivity contribution in [2.75, 3.05) is 13.7 Å². The highest BCUT2D eigenvalue weighted by atomic mass is 16.3. The van der Waals surface area contributed by atoms with Crippen molar-refractivity contribution in [1.82, 2.24) is 14.9 Å². The van der Waals surface area contributed by atoms with Gasteiger partial charge in [0.1, 0.15) is 0 Å². The molecule has 1 aromatic heterocycles.